The molecule has 0 saturated heterocycles. The Hall–Kier alpha value is -1.03. The maximum atomic E-state index is 12.3. The van der Waals surface area contributed by atoms with Gasteiger partial charge in [-0.15, -0.1) is 0 Å². The number of sulfonamides is 1. The van der Waals surface area contributed by atoms with E-state index in [0.29, 0.717) is 11.1 Å². The highest BCUT2D eigenvalue weighted by atomic mass is 32.2. The van der Waals surface area contributed by atoms with Gasteiger partial charge in [-0.2, -0.15) is 0 Å². The van der Waals surface area contributed by atoms with Crippen molar-refractivity contribution < 1.29 is 16.8 Å². The second kappa shape index (κ2) is 6.39. The fourth-order valence-corrected chi connectivity index (χ4v) is 4.61. The second-order valence-corrected chi connectivity index (χ2v) is 9.27. The van der Waals surface area contributed by atoms with Crippen molar-refractivity contribution in [2.75, 3.05) is 12.0 Å². The molecule has 1 aromatic carbocycles. The Morgan fingerprint density at radius 2 is 1.90 bits per heavy atom. The number of nitrogens with two attached hydrogens (primary N) is 1. The Labute approximate surface area is 130 Å². The van der Waals surface area contributed by atoms with E-state index in [2.05, 4.69) is 4.72 Å². The van der Waals surface area contributed by atoms with Crippen LogP contribution in [0.15, 0.2) is 23.1 Å². The summed E-state index contributed by atoms with van der Waals surface area (Å²) in [6.07, 6.45) is 1.06. The lowest BCUT2D eigenvalue weighted by Gasteiger charge is -2.15. The molecule has 0 heterocycles. The van der Waals surface area contributed by atoms with Crippen LogP contribution in [0.2, 0.25) is 0 Å². The highest BCUT2D eigenvalue weighted by Gasteiger charge is 2.21. The highest BCUT2D eigenvalue weighted by molar-refractivity contribution is 7.91. The fraction of sp³-hybridized carbons (Fsp3) is 0.417. The van der Waals surface area contributed by atoms with E-state index in [4.69, 9.17) is 18.0 Å². The van der Waals surface area contributed by atoms with Crippen molar-refractivity contribution in [3.8, 4) is 0 Å². The molecule has 1 aromatic rings. The molecule has 0 spiro atoms. The molecule has 0 amide bonds. The molecule has 0 bridgehead atoms. The van der Waals surface area contributed by atoms with Gasteiger partial charge in [0, 0.05) is 17.9 Å². The molecule has 3 N–H and O–H groups in total. The summed E-state index contributed by atoms with van der Waals surface area (Å²) in [5.74, 6) is -0.268. The SMILES string of the molecule is Cc1cc(C(N)=S)ccc1S(=O)(=O)NC(C)CS(C)(=O)=O. The quantitative estimate of drug-likeness (QED) is 0.717. The molecular formula is C12H18N2O4S3. The van der Waals surface area contributed by atoms with Gasteiger partial charge in [-0.25, -0.2) is 21.6 Å². The largest absolute Gasteiger partial charge is 0.389 e. The Bertz CT molecular complexity index is 755. The van der Waals surface area contributed by atoms with E-state index in [9.17, 15) is 16.8 Å². The molecule has 118 valence electrons. The van der Waals surface area contributed by atoms with Crippen molar-refractivity contribution in [2.45, 2.75) is 24.8 Å². The summed E-state index contributed by atoms with van der Waals surface area (Å²) in [4.78, 5) is 0.253. The smallest absolute Gasteiger partial charge is 0.241 e. The highest BCUT2D eigenvalue weighted by Crippen LogP contribution is 2.17. The van der Waals surface area contributed by atoms with E-state index in [-0.39, 0.29) is 15.6 Å². The van der Waals surface area contributed by atoms with Gasteiger partial charge in [0.2, 0.25) is 10.0 Å². The zero-order chi connectivity index (χ0) is 16.4. The Balaban J connectivity index is 3.06. The molecular weight excluding hydrogens is 332 g/mol. The van der Waals surface area contributed by atoms with Gasteiger partial charge in [-0.1, -0.05) is 18.3 Å². The third kappa shape index (κ3) is 5.34. The van der Waals surface area contributed by atoms with Gasteiger partial charge in [0.25, 0.3) is 0 Å². The van der Waals surface area contributed by atoms with Gasteiger partial charge in [-0.3, -0.25) is 0 Å². The van der Waals surface area contributed by atoms with E-state index >= 15 is 0 Å². The first-order valence-electron chi connectivity index (χ1n) is 6.03. The fourth-order valence-electron chi connectivity index (χ4n) is 1.92. The maximum Gasteiger partial charge on any atom is 0.241 e. The molecule has 0 fully saturated rings. The monoisotopic (exact) mass is 350 g/mol. The number of thiocarbonyl (C=S) groups is 1. The van der Waals surface area contributed by atoms with Crippen LogP contribution in [0.5, 0.6) is 0 Å². The minimum atomic E-state index is -3.80. The van der Waals surface area contributed by atoms with Crippen molar-refractivity contribution in [1.29, 1.82) is 0 Å². The Morgan fingerprint density at radius 3 is 2.33 bits per heavy atom. The van der Waals surface area contributed by atoms with Gasteiger partial charge in [-0.05, 0) is 31.5 Å². The summed E-state index contributed by atoms with van der Waals surface area (Å²) >= 11 is 4.83. The summed E-state index contributed by atoms with van der Waals surface area (Å²) in [7, 11) is -7.07. The summed E-state index contributed by atoms with van der Waals surface area (Å²) in [5, 5.41) is 0. The molecule has 0 aliphatic heterocycles. The van der Waals surface area contributed by atoms with Crippen molar-refractivity contribution in [2.24, 2.45) is 5.73 Å². The molecule has 6 nitrogen and oxygen atoms in total. The number of nitrogens with one attached hydrogen (secondary N) is 1. The molecule has 0 radical (unpaired) electrons. The molecule has 0 aromatic heterocycles. The number of hydrogen-bond acceptors (Lipinski definition) is 5. The lowest BCUT2D eigenvalue weighted by atomic mass is 10.1. The van der Waals surface area contributed by atoms with Crippen LogP contribution < -0.4 is 10.5 Å². The molecule has 21 heavy (non-hydrogen) atoms. The van der Waals surface area contributed by atoms with E-state index in [1.165, 1.54) is 19.1 Å². The van der Waals surface area contributed by atoms with E-state index in [1.54, 1.807) is 13.0 Å². The van der Waals surface area contributed by atoms with E-state index < -0.39 is 25.9 Å². The summed E-state index contributed by atoms with van der Waals surface area (Å²) in [6, 6.07) is 3.78. The van der Waals surface area contributed by atoms with Crippen molar-refractivity contribution in [3.63, 3.8) is 0 Å². The minimum absolute atomic E-state index is 0.0721. The normalized spacial score (nSPS) is 13.9. The second-order valence-electron chi connectivity index (χ2n) is 4.96. The number of sulfone groups is 1. The van der Waals surface area contributed by atoms with Crippen LogP contribution in [0.4, 0.5) is 0 Å². The van der Waals surface area contributed by atoms with Gasteiger partial charge >= 0.3 is 0 Å². The van der Waals surface area contributed by atoms with Crippen LogP contribution >= 0.6 is 12.2 Å². The first-order valence-corrected chi connectivity index (χ1v) is 9.98. The number of aryl methyl sites for hydroxylation is 1. The Kier molecular flexibility index (Phi) is 5.48. The van der Waals surface area contributed by atoms with Crippen LogP contribution in [-0.4, -0.2) is 39.9 Å². The van der Waals surface area contributed by atoms with Gasteiger partial charge in [0.1, 0.15) is 14.8 Å². The number of hydrogen-bond donors (Lipinski definition) is 2. The molecule has 1 rings (SSSR count). The van der Waals surface area contributed by atoms with Crippen LogP contribution in [0.25, 0.3) is 0 Å². The minimum Gasteiger partial charge on any atom is -0.389 e. The van der Waals surface area contributed by atoms with Crippen molar-refractivity contribution in [1.82, 2.24) is 4.72 Å². The molecule has 0 aliphatic carbocycles. The average molecular weight is 350 g/mol. The molecule has 1 unspecified atom stereocenters. The predicted octanol–water partition coefficient (Wildman–Crippen LogP) is 0.341. The van der Waals surface area contributed by atoms with Gasteiger partial charge < -0.3 is 5.73 Å². The summed E-state index contributed by atoms with van der Waals surface area (Å²) < 4.78 is 49.2. The van der Waals surface area contributed by atoms with Crippen LogP contribution in [0.1, 0.15) is 18.1 Å². The summed E-state index contributed by atoms with van der Waals surface area (Å²) in [5.41, 5.74) is 6.55. The zero-order valence-corrected chi connectivity index (χ0v) is 14.4. The third-order valence-corrected chi connectivity index (χ3v) is 5.75. The molecule has 9 heteroatoms. The predicted molar refractivity (Wildman–Crippen MR) is 86.6 cm³/mol. The first-order chi connectivity index (χ1) is 9.42. The number of rotatable bonds is 6. The number of benzene rings is 1. The lowest BCUT2D eigenvalue weighted by Crippen LogP contribution is -2.37. The Morgan fingerprint density at radius 1 is 1.33 bits per heavy atom. The summed E-state index contributed by atoms with van der Waals surface area (Å²) in [6.45, 7) is 3.12. The van der Waals surface area contributed by atoms with E-state index in [1.807, 2.05) is 0 Å². The molecule has 0 saturated carbocycles. The third-order valence-electron chi connectivity index (χ3n) is 2.66. The maximum absolute atomic E-state index is 12.3. The van der Waals surface area contributed by atoms with Crippen LogP contribution in [0, 0.1) is 6.92 Å². The van der Waals surface area contributed by atoms with Crippen LogP contribution in [-0.2, 0) is 19.9 Å². The molecule has 1 atom stereocenters. The lowest BCUT2D eigenvalue weighted by molar-refractivity contribution is 0.564. The van der Waals surface area contributed by atoms with Crippen LogP contribution in [0.3, 0.4) is 0 Å². The zero-order valence-electron chi connectivity index (χ0n) is 12.0. The average Bonchev–Trinajstić information content (AvgIpc) is 2.24. The van der Waals surface area contributed by atoms with E-state index in [0.717, 1.165) is 6.26 Å². The standard InChI is InChI=1S/C12H18N2O4S3/c1-8-6-10(12(13)19)4-5-11(8)21(17,18)14-9(2)7-20(3,15)16/h4-6,9,14H,7H2,1-3H3,(H2,13,19). The van der Waals surface area contributed by atoms with Gasteiger partial charge in [0.05, 0.1) is 10.6 Å². The topological polar surface area (TPSA) is 106 Å². The first kappa shape index (κ1) is 18.0. The van der Waals surface area contributed by atoms with Gasteiger partial charge in [0.15, 0.2) is 0 Å². The van der Waals surface area contributed by atoms with Crippen molar-refractivity contribution in [3.05, 3.63) is 29.3 Å². The molecule has 0 aliphatic rings. The van der Waals surface area contributed by atoms with Crippen molar-refractivity contribution >= 4 is 37.1 Å².